The van der Waals surface area contributed by atoms with E-state index in [1.54, 1.807) is 19.1 Å². The van der Waals surface area contributed by atoms with Gasteiger partial charge in [-0.25, -0.2) is 9.59 Å². The number of methoxy groups -OCH3 is 2. The number of aryl methyl sites for hydroxylation is 1. The van der Waals surface area contributed by atoms with Gasteiger partial charge in [-0.2, -0.15) is 0 Å². The molecule has 1 aromatic rings. The first-order chi connectivity index (χ1) is 9.88. The van der Waals surface area contributed by atoms with E-state index < -0.39 is 18.0 Å². The normalized spacial score (nSPS) is 11.6. The molecule has 0 radical (unpaired) electrons. The molecule has 0 fully saturated rings. The second-order valence-electron chi connectivity index (χ2n) is 4.25. The zero-order valence-electron chi connectivity index (χ0n) is 11.9. The van der Waals surface area contributed by atoms with Gasteiger partial charge in [-0.05, 0) is 18.6 Å². The van der Waals surface area contributed by atoms with Crippen LogP contribution in [0.1, 0.15) is 5.56 Å². The number of carboxylic acids is 1. The topological polar surface area (TPSA) is 96.9 Å². The molecule has 0 saturated heterocycles. The van der Waals surface area contributed by atoms with Gasteiger partial charge in [-0.3, -0.25) is 0 Å². The summed E-state index contributed by atoms with van der Waals surface area (Å²) in [6.07, 6.45) is 0. The summed E-state index contributed by atoms with van der Waals surface area (Å²) in [6.45, 7) is 1.63. The predicted octanol–water partition coefficient (Wildman–Crippen LogP) is 1.88. The van der Waals surface area contributed by atoms with E-state index in [1.807, 2.05) is 0 Å². The molecule has 116 valence electrons. The third kappa shape index (κ3) is 4.80. The van der Waals surface area contributed by atoms with E-state index in [4.69, 9.17) is 26.2 Å². The Bertz CT molecular complexity index is 536. The van der Waals surface area contributed by atoms with E-state index in [0.717, 1.165) is 5.56 Å². The highest BCUT2D eigenvalue weighted by molar-refractivity contribution is 6.31. The third-order valence-corrected chi connectivity index (χ3v) is 3.07. The maximum atomic E-state index is 11.8. The van der Waals surface area contributed by atoms with Crippen molar-refractivity contribution in [1.82, 2.24) is 5.32 Å². The molecule has 0 saturated carbocycles. The van der Waals surface area contributed by atoms with Crippen LogP contribution in [0.2, 0.25) is 5.02 Å². The molecular weight excluding hydrogens is 300 g/mol. The molecule has 0 heterocycles. The minimum Gasteiger partial charge on any atom is -0.495 e. The Morgan fingerprint density at radius 3 is 2.57 bits per heavy atom. The zero-order valence-corrected chi connectivity index (χ0v) is 12.7. The largest absolute Gasteiger partial charge is 0.495 e. The van der Waals surface area contributed by atoms with Crippen molar-refractivity contribution in [3.05, 3.63) is 22.7 Å². The van der Waals surface area contributed by atoms with E-state index in [-0.39, 0.29) is 6.61 Å². The number of halogens is 1. The van der Waals surface area contributed by atoms with Crippen molar-refractivity contribution in [1.29, 1.82) is 0 Å². The number of carbonyl (C=O) groups is 2. The fourth-order valence-corrected chi connectivity index (χ4v) is 1.74. The average Bonchev–Trinajstić information content (AvgIpc) is 2.42. The molecule has 8 heteroatoms. The van der Waals surface area contributed by atoms with Crippen LogP contribution in [-0.4, -0.2) is 44.0 Å². The number of amides is 2. The summed E-state index contributed by atoms with van der Waals surface area (Å²) in [5.41, 5.74) is 1.14. The number of ether oxygens (including phenoxy) is 2. The molecule has 21 heavy (non-hydrogen) atoms. The van der Waals surface area contributed by atoms with Gasteiger partial charge in [0.2, 0.25) is 0 Å². The SMILES string of the molecule is COCC(NC(=O)Nc1cc(C)c(Cl)cc1OC)C(=O)O. The summed E-state index contributed by atoms with van der Waals surface area (Å²) in [6, 6.07) is 1.37. The van der Waals surface area contributed by atoms with Crippen LogP contribution in [0.15, 0.2) is 12.1 Å². The second-order valence-corrected chi connectivity index (χ2v) is 4.65. The molecule has 2 amide bonds. The van der Waals surface area contributed by atoms with Gasteiger partial charge in [0.1, 0.15) is 5.75 Å². The predicted molar refractivity (Wildman–Crippen MR) is 78.2 cm³/mol. The lowest BCUT2D eigenvalue weighted by Gasteiger charge is -2.16. The van der Waals surface area contributed by atoms with Crippen LogP contribution in [-0.2, 0) is 9.53 Å². The van der Waals surface area contributed by atoms with Crippen LogP contribution in [0.3, 0.4) is 0 Å². The Labute approximate surface area is 127 Å². The molecule has 3 N–H and O–H groups in total. The Kier molecular flexibility index (Phi) is 6.26. The van der Waals surface area contributed by atoms with Gasteiger partial charge in [-0.15, -0.1) is 0 Å². The number of hydrogen-bond acceptors (Lipinski definition) is 4. The molecule has 0 aromatic heterocycles. The number of benzene rings is 1. The summed E-state index contributed by atoms with van der Waals surface area (Å²) in [5, 5.41) is 14.2. The monoisotopic (exact) mass is 316 g/mol. The average molecular weight is 317 g/mol. The molecule has 1 atom stereocenters. The number of rotatable bonds is 6. The van der Waals surface area contributed by atoms with Crippen LogP contribution in [0, 0.1) is 6.92 Å². The summed E-state index contributed by atoms with van der Waals surface area (Å²) in [7, 11) is 2.79. The first kappa shape index (κ1) is 17.1. The standard InChI is InChI=1S/C13H17ClN2O5/c1-7-4-9(11(21-3)5-8(7)14)15-13(19)16-10(6-20-2)12(17)18/h4-5,10H,6H2,1-3H3,(H,17,18)(H2,15,16,19). The van der Waals surface area contributed by atoms with Crippen LogP contribution in [0.4, 0.5) is 10.5 Å². The molecule has 0 aliphatic rings. The van der Waals surface area contributed by atoms with Crippen molar-refractivity contribution in [2.45, 2.75) is 13.0 Å². The second kappa shape index (κ2) is 7.70. The molecule has 0 aliphatic carbocycles. The maximum Gasteiger partial charge on any atom is 0.328 e. The minimum absolute atomic E-state index is 0.139. The molecular formula is C13H17ClN2O5. The molecule has 7 nitrogen and oxygen atoms in total. The zero-order chi connectivity index (χ0) is 16.0. The van der Waals surface area contributed by atoms with Crippen molar-refractivity contribution < 1.29 is 24.2 Å². The van der Waals surface area contributed by atoms with Crippen molar-refractivity contribution >= 4 is 29.3 Å². The summed E-state index contributed by atoms with van der Waals surface area (Å²) >= 11 is 5.97. The highest BCUT2D eigenvalue weighted by Crippen LogP contribution is 2.30. The van der Waals surface area contributed by atoms with E-state index in [9.17, 15) is 9.59 Å². The summed E-state index contributed by atoms with van der Waals surface area (Å²) in [5.74, 6) is -0.814. The van der Waals surface area contributed by atoms with Crippen LogP contribution in [0.25, 0.3) is 0 Å². The number of anilines is 1. The third-order valence-electron chi connectivity index (χ3n) is 2.67. The van der Waals surface area contributed by atoms with E-state index >= 15 is 0 Å². The van der Waals surface area contributed by atoms with E-state index in [2.05, 4.69) is 10.6 Å². The first-order valence-electron chi connectivity index (χ1n) is 6.02. The summed E-state index contributed by atoms with van der Waals surface area (Å²) in [4.78, 5) is 22.8. The molecule has 1 aromatic carbocycles. The number of urea groups is 1. The fourth-order valence-electron chi connectivity index (χ4n) is 1.59. The molecule has 0 spiro atoms. The van der Waals surface area contributed by atoms with Gasteiger partial charge in [0, 0.05) is 18.2 Å². The van der Waals surface area contributed by atoms with E-state index in [1.165, 1.54) is 14.2 Å². The van der Waals surface area contributed by atoms with Gasteiger partial charge in [0.15, 0.2) is 6.04 Å². The number of hydrogen-bond donors (Lipinski definition) is 3. The number of nitrogens with one attached hydrogen (secondary N) is 2. The lowest BCUT2D eigenvalue weighted by Crippen LogP contribution is -2.45. The molecule has 1 unspecified atom stereocenters. The first-order valence-corrected chi connectivity index (χ1v) is 6.40. The van der Waals surface area contributed by atoms with Crippen molar-refractivity contribution in [3.63, 3.8) is 0 Å². The van der Waals surface area contributed by atoms with Crippen LogP contribution < -0.4 is 15.4 Å². The smallest absolute Gasteiger partial charge is 0.328 e. The Morgan fingerprint density at radius 1 is 1.38 bits per heavy atom. The molecule has 0 aliphatic heterocycles. The van der Waals surface area contributed by atoms with Gasteiger partial charge < -0.3 is 25.2 Å². The van der Waals surface area contributed by atoms with Gasteiger partial charge >= 0.3 is 12.0 Å². The minimum atomic E-state index is -1.19. The maximum absolute atomic E-state index is 11.8. The number of aliphatic carboxylic acids is 1. The van der Waals surface area contributed by atoms with Crippen molar-refractivity contribution in [2.24, 2.45) is 0 Å². The highest BCUT2D eigenvalue weighted by atomic mass is 35.5. The van der Waals surface area contributed by atoms with Crippen molar-refractivity contribution in [3.8, 4) is 5.75 Å². The number of carboxylic acid groups (broad SMARTS) is 1. The number of carbonyl (C=O) groups excluding carboxylic acids is 1. The molecule has 1 rings (SSSR count). The van der Waals surface area contributed by atoms with Gasteiger partial charge in [0.05, 0.1) is 19.4 Å². The Hall–Kier alpha value is -1.99. The Morgan fingerprint density at radius 2 is 2.05 bits per heavy atom. The van der Waals surface area contributed by atoms with Crippen LogP contribution >= 0.6 is 11.6 Å². The molecule has 0 bridgehead atoms. The van der Waals surface area contributed by atoms with Crippen LogP contribution in [0.5, 0.6) is 5.75 Å². The lowest BCUT2D eigenvalue weighted by atomic mass is 10.2. The van der Waals surface area contributed by atoms with Crippen molar-refractivity contribution in [2.75, 3.05) is 26.1 Å². The lowest BCUT2D eigenvalue weighted by molar-refractivity contribution is -0.140. The van der Waals surface area contributed by atoms with E-state index in [0.29, 0.717) is 16.5 Å². The quantitative estimate of drug-likeness (QED) is 0.744. The van der Waals surface area contributed by atoms with Gasteiger partial charge in [0.25, 0.3) is 0 Å². The highest BCUT2D eigenvalue weighted by Gasteiger charge is 2.20. The fraction of sp³-hybridized carbons (Fsp3) is 0.385. The summed E-state index contributed by atoms with van der Waals surface area (Å²) < 4.78 is 9.84. The van der Waals surface area contributed by atoms with Gasteiger partial charge in [-0.1, -0.05) is 11.6 Å². The Balaban J connectivity index is 2.83.